The number of amides is 1. The van der Waals surface area contributed by atoms with Crippen molar-refractivity contribution in [2.45, 2.75) is 25.6 Å². The lowest BCUT2D eigenvalue weighted by Crippen LogP contribution is -2.43. The third kappa shape index (κ3) is 7.54. The number of hydrogen-bond donors (Lipinski definition) is 1. The molecule has 30 heavy (non-hydrogen) atoms. The van der Waals surface area contributed by atoms with Crippen LogP contribution in [0.3, 0.4) is 0 Å². The Morgan fingerprint density at radius 1 is 1.03 bits per heavy atom. The van der Waals surface area contributed by atoms with Gasteiger partial charge in [0.25, 0.3) is 5.91 Å². The fourth-order valence-electron chi connectivity index (χ4n) is 2.51. The zero-order valence-corrected chi connectivity index (χ0v) is 16.1. The topological polar surface area (TPSA) is 72.5 Å². The molecule has 0 aliphatic rings. The van der Waals surface area contributed by atoms with Crippen LogP contribution in [0.2, 0.25) is 0 Å². The summed E-state index contributed by atoms with van der Waals surface area (Å²) in [6.45, 7) is 0.765. The lowest BCUT2D eigenvalue weighted by Gasteiger charge is -2.16. The summed E-state index contributed by atoms with van der Waals surface area (Å²) in [5, 5.41) is 2.52. The summed E-state index contributed by atoms with van der Waals surface area (Å²) in [7, 11) is 0. The van der Waals surface area contributed by atoms with Gasteiger partial charge in [0.2, 0.25) is 0 Å². The monoisotopic (exact) mass is 419 g/mol. The zero-order chi connectivity index (χ0) is 22.1. The van der Waals surface area contributed by atoms with Gasteiger partial charge in [-0.25, -0.2) is 4.79 Å². The number of Topliss-reactive ketones (excluding diaryl/α,β-unsaturated/α-hetero) is 1. The molecule has 0 aliphatic carbocycles. The first-order chi connectivity index (χ1) is 14.1. The molecule has 0 aromatic heterocycles. The summed E-state index contributed by atoms with van der Waals surface area (Å²) in [5.41, 5.74) is 0.438. The number of esters is 1. The van der Waals surface area contributed by atoms with E-state index < -0.39 is 36.3 Å². The minimum Gasteiger partial charge on any atom is -0.452 e. The molecule has 0 saturated heterocycles. The summed E-state index contributed by atoms with van der Waals surface area (Å²) >= 11 is 0. The fourth-order valence-corrected chi connectivity index (χ4v) is 2.51. The van der Waals surface area contributed by atoms with Crippen LogP contribution in [0.1, 0.15) is 23.6 Å². The minimum absolute atomic E-state index is 0.235. The highest BCUT2D eigenvalue weighted by Crippen LogP contribution is 2.29. The maximum atomic E-state index is 12.5. The van der Waals surface area contributed by atoms with Crippen LogP contribution in [-0.2, 0) is 31.7 Å². The van der Waals surface area contributed by atoms with Gasteiger partial charge in [-0.3, -0.25) is 9.59 Å². The largest absolute Gasteiger partial charge is 0.452 e. The second-order valence-corrected chi connectivity index (χ2v) is 6.48. The molecule has 2 rings (SSSR count). The Bertz CT molecular complexity index is 906. The fraction of sp³-hybridized carbons (Fsp3) is 0.227. The van der Waals surface area contributed by atoms with Gasteiger partial charge in [0.1, 0.15) is 0 Å². The van der Waals surface area contributed by atoms with Crippen molar-refractivity contribution in [1.82, 2.24) is 5.32 Å². The molecule has 8 heteroatoms. The highest BCUT2D eigenvalue weighted by molar-refractivity contribution is 5.91. The summed E-state index contributed by atoms with van der Waals surface area (Å²) < 4.78 is 42.4. The molecule has 0 fully saturated rings. The smallest absolute Gasteiger partial charge is 0.416 e. The van der Waals surface area contributed by atoms with E-state index in [-0.39, 0.29) is 5.78 Å². The standard InChI is InChI=1S/C22H20F3NO4/c1-15(27)19(13-17-5-3-2-4-6-17)26-20(28)14-30-21(29)12-9-16-7-10-18(11-8-16)22(23,24)25/h2-12,19H,13-14H2,1H3,(H,26,28)/b12-9+. The average Bonchev–Trinajstić information content (AvgIpc) is 2.70. The van der Waals surface area contributed by atoms with Crippen LogP contribution >= 0.6 is 0 Å². The highest BCUT2D eigenvalue weighted by atomic mass is 19.4. The highest BCUT2D eigenvalue weighted by Gasteiger charge is 2.29. The molecule has 1 unspecified atom stereocenters. The van der Waals surface area contributed by atoms with Gasteiger partial charge in [-0.05, 0) is 42.7 Å². The molecular weight excluding hydrogens is 399 g/mol. The third-order valence-corrected chi connectivity index (χ3v) is 4.10. The van der Waals surface area contributed by atoms with Gasteiger partial charge >= 0.3 is 12.1 Å². The molecule has 1 amide bonds. The van der Waals surface area contributed by atoms with Gasteiger partial charge in [0, 0.05) is 6.08 Å². The number of halogens is 3. The molecule has 2 aromatic carbocycles. The number of ether oxygens (including phenoxy) is 1. The molecule has 1 atom stereocenters. The van der Waals surface area contributed by atoms with Gasteiger partial charge in [0.05, 0.1) is 11.6 Å². The van der Waals surface area contributed by atoms with E-state index in [0.29, 0.717) is 12.0 Å². The number of nitrogens with one attached hydrogen (secondary N) is 1. The molecule has 0 spiro atoms. The Balaban J connectivity index is 1.83. The van der Waals surface area contributed by atoms with Crippen molar-refractivity contribution in [2.75, 3.05) is 6.61 Å². The molecule has 158 valence electrons. The second-order valence-electron chi connectivity index (χ2n) is 6.48. The number of rotatable bonds is 8. The molecule has 5 nitrogen and oxygen atoms in total. The summed E-state index contributed by atoms with van der Waals surface area (Å²) in [6.07, 6.45) is -1.85. The Morgan fingerprint density at radius 2 is 1.67 bits per heavy atom. The molecule has 0 aliphatic heterocycles. The van der Waals surface area contributed by atoms with E-state index in [1.165, 1.54) is 25.1 Å². The Kier molecular flexibility index (Phi) is 7.91. The van der Waals surface area contributed by atoms with Gasteiger partial charge in [0.15, 0.2) is 12.4 Å². The molecular formula is C22H20F3NO4. The van der Waals surface area contributed by atoms with E-state index in [0.717, 1.165) is 23.8 Å². The van der Waals surface area contributed by atoms with Crippen LogP contribution in [0.4, 0.5) is 13.2 Å². The first kappa shape index (κ1) is 22.9. The lowest BCUT2D eigenvalue weighted by atomic mass is 10.0. The van der Waals surface area contributed by atoms with Crippen LogP contribution in [0.25, 0.3) is 6.08 Å². The molecule has 0 radical (unpaired) electrons. The van der Waals surface area contributed by atoms with E-state index in [2.05, 4.69) is 5.32 Å². The van der Waals surface area contributed by atoms with Gasteiger partial charge < -0.3 is 10.1 Å². The molecule has 0 bridgehead atoms. The summed E-state index contributed by atoms with van der Waals surface area (Å²) in [4.78, 5) is 35.5. The summed E-state index contributed by atoms with van der Waals surface area (Å²) in [5.74, 6) is -1.71. The van der Waals surface area contributed by atoms with E-state index in [9.17, 15) is 27.6 Å². The third-order valence-electron chi connectivity index (χ3n) is 4.10. The van der Waals surface area contributed by atoms with Gasteiger partial charge in [-0.15, -0.1) is 0 Å². The van der Waals surface area contributed by atoms with E-state index in [4.69, 9.17) is 4.74 Å². The average molecular weight is 419 g/mol. The van der Waals surface area contributed by atoms with Gasteiger partial charge in [-0.2, -0.15) is 13.2 Å². The first-order valence-electron chi connectivity index (χ1n) is 9.01. The van der Waals surface area contributed by atoms with Crippen molar-refractivity contribution in [1.29, 1.82) is 0 Å². The van der Waals surface area contributed by atoms with E-state index in [1.807, 2.05) is 30.3 Å². The van der Waals surface area contributed by atoms with E-state index >= 15 is 0 Å². The number of benzene rings is 2. The van der Waals surface area contributed by atoms with Crippen LogP contribution in [0, 0.1) is 0 Å². The SMILES string of the molecule is CC(=O)C(Cc1ccccc1)NC(=O)COC(=O)/C=C/c1ccc(C(F)(F)F)cc1. The van der Waals surface area contributed by atoms with Crippen molar-refractivity contribution in [3.8, 4) is 0 Å². The normalized spacial score (nSPS) is 12.4. The van der Waals surface area contributed by atoms with Crippen molar-refractivity contribution < 1.29 is 32.3 Å². The number of carbonyl (C=O) groups is 3. The molecule has 0 saturated carbocycles. The predicted molar refractivity (Wildman–Crippen MR) is 104 cm³/mol. The second kappa shape index (κ2) is 10.4. The molecule has 1 N–H and O–H groups in total. The first-order valence-corrected chi connectivity index (χ1v) is 9.01. The maximum Gasteiger partial charge on any atom is 0.416 e. The quantitative estimate of drug-likeness (QED) is 0.525. The minimum atomic E-state index is -4.44. The van der Waals surface area contributed by atoms with Crippen molar-refractivity contribution in [3.63, 3.8) is 0 Å². The Labute approximate surface area is 171 Å². The zero-order valence-electron chi connectivity index (χ0n) is 16.1. The number of hydrogen-bond acceptors (Lipinski definition) is 4. The van der Waals surface area contributed by atoms with Crippen LogP contribution in [-0.4, -0.2) is 30.3 Å². The Hall–Kier alpha value is -3.42. The maximum absolute atomic E-state index is 12.5. The van der Waals surface area contributed by atoms with Crippen LogP contribution in [0.5, 0.6) is 0 Å². The number of alkyl halides is 3. The van der Waals surface area contributed by atoms with Crippen LogP contribution in [0.15, 0.2) is 60.7 Å². The summed E-state index contributed by atoms with van der Waals surface area (Å²) in [6, 6.07) is 12.6. The lowest BCUT2D eigenvalue weighted by molar-refractivity contribution is -0.144. The van der Waals surface area contributed by atoms with Gasteiger partial charge in [-0.1, -0.05) is 42.5 Å². The van der Waals surface area contributed by atoms with Crippen molar-refractivity contribution in [2.24, 2.45) is 0 Å². The predicted octanol–water partition coefficient (Wildman–Crippen LogP) is 3.58. The molecule has 0 heterocycles. The molecule has 2 aromatic rings. The number of carbonyl (C=O) groups excluding carboxylic acids is 3. The van der Waals surface area contributed by atoms with E-state index in [1.54, 1.807) is 0 Å². The Morgan fingerprint density at radius 3 is 2.23 bits per heavy atom. The van der Waals surface area contributed by atoms with Crippen molar-refractivity contribution in [3.05, 3.63) is 77.4 Å². The number of ketones is 1. The van der Waals surface area contributed by atoms with Crippen molar-refractivity contribution >= 4 is 23.7 Å². The van der Waals surface area contributed by atoms with Crippen LogP contribution < -0.4 is 5.32 Å².